The van der Waals surface area contributed by atoms with Gasteiger partial charge < -0.3 is 5.32 Å². The molecule has 0 amide bonds. The van der Waals surface area contributed by atoms with Crippen LogP contribution in [0.15, 0.2) is 24.3 Å². The Morgan fingerprint density at radius 3 is 2.70 bits per heavy atom. The lowest BCUT2D eigenvalue weighted by molar-refractivity contribution is 0.157. The van der Waals surface area contributed by atoms with Crippen molar-refractivity contribution in [3.05, 3.63) is 35.4 Å². The predicted molar refractivity (Wildman–Crippen MR) is 80.2 cm³/mol. The molecule has 0 aliphatic carbocycles. The third-order valence-corrected chi connectivity index (χ3v) is 4.83. The minimum Gasteiger partial charge on any atom is -0.314 e. The molecule has 0 saturated carbocycles. The van der Waals surface area contributed by atoms with E-state index in [1.165, 1.54) is 50.9 Å². The van der Waals surface area contributed by atoms with Crippen molar-refractivity contribution < 1.29 is 0 Å². The second-order valence-electron chi connectivity index (χ2n) is 6.09. The van der Waals surface area contributed by atoms with Crippen molar-refractivity contribution in [2.45, 2.75) is 38.3 Å². The van der Waals surface area contributed by atoms with Crippen molar-refractivity contribution in [1.82, 2.24) is 10.2 Å². The van der Waals surface area contributed by atoms with Gasteiger partial charge >= 0.3 is 0 Å². The fourth-order valence-corrected chi connectivity index (χ4v) is 3.64. The van der Waals surface area contributed by atoms with E-state index >= 15 is 0 Å². The third kappa shape index (κ3) is 3.03. The molecule has 0 bridgehead atoms. The van der Waals surface area contributed by atoms with Gasteiger partial charge in [-0.25, -0.2) is 0 Å². The molecule has 2 aliphatic heterocycles. The molecular weight excluding hydrogens is 246 g/mol. The van der Waals surface area contributed by atoms with Crippen molar-refractivity contribution in [3.63, 3.8) is 0 Å². The van der Waals surface area contributed by atoms with Crippen LogP contribution < -0.4 is 5.32 Å². The van der Waals surface area contributed by atoms with Crippen LogP contribution in [0.2, 0.25) is 0 Å². The van der Waals surface area contributed by atoms with Gasteiger partial charge in [-0.2, -0.15) is 5.26 Å². The van der Waals surface area contributed by atoms with E-state index in [-0.39, 0.29) is 0 Å². The van der Waals surface area contributed by atoms with Crippen molar-refractivity contribution in [3.8, 4) is 6.07 Å². The Kier molecular flexibility index (Phi) is 4.34. The van der Waals surface area contributed by atoms with Gasteiger partial charge in [0.2, 0.25) is 0 Å². The molecule has 3 rings (SSSR count). The van der Waals surface area contributed by atoms with Gasteiger partial charge in [-0.05, 0) is 62.9 Å². The van der Waals surface area contributed by atoms with E-state index < -0.39 is 0 Å². The summed E-state index contributed by atoms with van der Waals surface area (Å²) >= 11 is 0. The van der Waals surface area contributed by atoms with Crippen LogP contribution in [0.4, 0.5) is 0 Å². The van der Waals surface area contributed by atoms with E-state index in [4.69, 9.17) is 5.26 Å². The first-order valence-electron chi connectivity index (χ1n) is 7.80. The maximum atomic E-state index is 9.16. The molecule has 2 saturated heterocycles. The van der Waals surface area contributed by atoms with Gasteiger partial charge in [0.05, 0.1) is 11.6 Å². The Labute approximate surface area is 121 Å². The van der Waals surface area contributed by atoms with E-state index in [2.05, 4.69) is 22.4 Å². The first-order valence-corrected chi connectivity index (χ1v) is 7.80. The average Bonchev–Trinajstić information content (AvgIpc) is 3.03. The summed E-state index contributed by atoms with van der Waals surface area (Å²) in [6, 6.07) is 11.1. The lowest BCUT2D eigenvalue weighted by Crippen LogP contribution is -2.40. The monoisotopic (exact) mass is 269 g/mol. The highest BCUT2D eigenvalue weighted by molar-refractivity contribution is 5.37. The normalized spacial score (nSPS) is 24.6. The van der Waals surface area contributed by atoms with Gasteiger partial charge in [0, 0.05) is 12.6 Å². The molecule has 0 radical (unpaired) electrons. The summed E-state index contributed by atoms with van der Waals surface area (Å²) in [5.41, 5.74) is 2.00. The van der Waals surface area contributed by atoms with E-state index in [0.29, 0.717) is 0 Å². The summed E-state index contributed by atoms with van der Waals surface area (Å²) in [5, 5.41) is 12.8. The number of nitrogens with one attached hydrogen (secondary N) is 1. The first kappa shape index (κ1) is 13.6. The fraction of sp³-hybridized carbons (Fsp3) is 0.588. The van der Waals surface area contributed by atoms with Gasteiger partial charge in [-0.15, -0.1) is 0 Å². The summed E-state index contributed by atoms with van der Waals surface area (Å²) in [6.45, 7) is 4.47. The highest BCUT2D eigenvalue weighted by atomic mass is 15.1. The zero-order chi connectivity index (χ0) is 13.8. The lowest BCUT2D eigenvalue weighted by Gasteiger charge is -2.35. The number of nitrogens with zero attached hydrogens (tertiary/aromatic N) is 2. The van der Waals surface area contributed by atoms with Gasteiger partial charge in [-0.1, -0.05) is 18.2 Å². The number of piperidine rings is 1. The van der Waals surface area contributed by atoms with Crippen LogP contribution in [-0.2, 0) is 6.54 Å². The Morgan fingerprint density at radius 1 is 1.20 bits per heavy atom. The molecule has 1 N–H and O–H groups in total. The van der Waals surface area contributed by atoms with E-state index in [9.17, 15) is 0 Å². The summed E-state index contributed by atoms with van der Waals surface area (Å²) < 4.78 is 0. The zero-order valence-electron chi connectivity index (χ0n) is 12.0. The first-order chi connectivity index (χ1) is 9.86. The lowest BCUT2D eigenvalue weighted by atomic mass is 9.88. The number of likely N-dealkylation sites (tertiary alicyclic amines) is 1. The van der Waals surface area contributed by atoms with E-state index in [1.807, 2.05) is 18.2 Å². The van der Waals surface area contributed by atoms with Crippen LogP contribution in [0.1, 0.15) is 36.8 Å². The molecule has 1 unspecified atom stereocenters. The van der Waals surface area contributed by atoms with Gasteiger partial charge in [0.1, 0.15) is 0 Å². The molecule has 2 fully saturated rings. The van der Waals surface area contributed by atoms with Crippen molar-refractivity contribution in [2.24, 2.45) is 5.92 Å². The Bertz CT molecular complexity index is 477. The number of nitriles is 1. The molecule has 0 aromatic heterocycles. The van der Waals surface area contributed by atoms with Crippen LogP contribution in [0, 0.1) is 17.2 Å². The molecule has 1 aromatic carbocycles. The molecule has 0 spiro atoms. The van der Waals surface area contributed by atoms with Gasteiger partial charge in [0.25, 0.3) is 0 Å². The quantitative estimate of drug-likeness (QED) is 0.916. The molecule has 3 heteroatoms. The third-order valence-electron chi connectivity index (χ3n) is 4.83. The van der Waals surface area contributed by atoms with E-state index in [1.54, 1.807) is 0 Å². The largest absolute Gasteiger partial charge is 0.314 e. The molecule has 2 heterocycles. The van der Waals surface area contributed by atoms with Gasteiger partial charge in [0.15, 0.2) is 0 Å². The predicted octanol–water partition coefficient (Wildman–Crippen LogP) is 2.52. The fourth-order valence-electron chi connectivity index (χ4n) is 3.64. The molecular formula is C17H23N3. The van der Waals surface area contributed by atoms with E-state index in [0.717, 1.165) is 24.1 Å². The van der Waals surface area contributed by atoms with Crippen LogP contribution in [0.3, 0.4) is 0 Å². The summed E-state index contributed by atoms with van der Waals surface area (Å²) in [6.07, 6.45) is 5.31. The molecule has 20 heavy (non-hydrogen) atoms. The van der Waals surface area contributed by atoms with Gasteiger partial charge in [-0.3, -0.25) is 4.90 Å². The Hall–Kier alpha value is -1.37. The maximum absolute atomic E-state index is 9.16. The summed E-state index contributed by atoms with van der Waals surface area (Å²) in [7, 11) is 0. The van der Waals surface area contributed by atoms with Crippen LogP contribution in [0.5, 0.6) is 0 Å². The molecule has 1 aromatic rings. The zero-order valence-corrected chi connectivity index (χ0v) is 12.0. The molecule has 1 atom stereocenters. The van der Waals surface area contributed by atoms with Crippen LogP contribution in [-0.4, -0.2) is 30.6 Å². The minimum atomic E-state index is 0.767. The van der Waals surface area contributed by atoms with Crippen molar-refractivity contribution in [1.29, 1.82) is 5.26 Å². The Morgan fingerprint density at radius 2 is 2.00 bits per heavy atom. The van der Waals surface area contributed by atoms with Crippen LogP contribution in [0.25, 0.3) is 0 Å². The Balaban J connectivity index is 1.54. The molecule has 3 nitrogen and oxygen atoms in total. The molecule has 2 aliphatic rings. The average molecular weight is 269 g/mol. The van der Waals surface area contributed by atoms with Crippen molar-refractivity contribution in [2.75, 3.05) is 19.6 Å². The molecule has 106 valence electrons. The maximum Gasteiger partial charge on any atom is 0.0995 e. The highest BCUT2D eigenvalue weighted by Crippen LogP contribution is 2.26. The second-order valence-corrected chi connectivity index (χ2v) is 6.09. The number of benzene rings is 1. The summed E-state index contributed by atoms with van der Waals surface area (Å²) in [4.78, 5) is 2.50. The second kappa shape index (κ2) is 6.39. The minimum absolute atomic E-state index is 0.767. The van der Waals surface area contributed by atoms with Crippen LogP contribution >= 0.6 is 0 Å². The standard InChI is InChI=1S/C17H23N3/c18-12-15-4-1-2-5-16(15)13-20-10-7-14(8-11-20)17-6-3-9-19-17/h1-2,4-5,14,17,19H,3,6-11,13H2. The smallest absolute Gasteiger partial charge is 0.0995 e. The SMILES string of the molecule is N#Cc1ccccc1CN1CCC(C2CCCN2)CC1. The highest BCUT2D eigenvalue weighted by Gasteiger charge is 2.28. The number of hydrogen-bond acceptors (Lipinski definition) is 3. The number of hydrogen-bond donors (Lipinski definition) is 1. The number of rotatable bonds is 3. The van der Waals surface area contributed by atoms with Crippen molar-refractivity contribution >= 4 is 0 Å². The summed E-state index contributed by atoms with van der Waals surface area (Å²) in [5.74, 6) is 0.861. The topological polar surface area (TPSA) is 39.1 Å².